The number of esters is 1. The maximum Gasteiger partial charge on any atom is 0.326 e. The van der Waals surface area contributed by atoms with Crippen LogP contribution in [0.1, 0.15) is 13.8 Å². The van der Waals surface area contributed by atoms with Crippen LogP contribution in [0.5, 0.6) is 11.5 Å². The number of sulfonamides is 1. The van der Waals surface area contributed by atoms with E-state index in [-0.39, 0.29) is 4.90 Å². The molecule has 0 saturated heterocycles. The van der Waals surface area contributed by atoms with Crippen molar-refractivity contribution in [2.75, 3.05) is 31.2 Å². The van der Waals surface area contributed by atoms with Gasteiger partial charge in [-0.2, -0.15) is 0 Å². The monoisotopic (exact) mass is 393 g/mol. The summed E-state index contributed by atoms with van der Waals surface area (Å²) < 4.78 is 42.6. The molecule has 146 valence electrons. The molecule has 0 aliphatic carbocycles. The highest BCUT2D eigenvalue weighted by molar-refractivity contribution is 7.92. The fraction of sp³-hybridized carbons (Fsp3) is 0.316. The smallest absolute Gasteiger partial charge is 0.326 e. The third kappa shape index (κ3) is 5.13. The Morgan fingerprint density at radius 2 is 1.37 bits per heavy atom. The Kier molecular flexibility index (Phi) is 7.06. The minimum atomic E-state index is -3.98. The van der Waals surface area contributed by atoms with Gasteiger partial charge in [-0.25, -0.2) is 8.42 Å². The van der Waals surface area contributed by atoms with Crippen molar-refractivity contribution in [3.8, 4) is 11.5 Å². The molecule has 7 nitrogen and oxygen atoms in total. The van der Waals surface area contributed by atoms with Gasteiger partial charge in [-0.15, -0.1) is 0 Å². The summed E-state index contributed by atoms with van der Waals surface area (Å²) in [6.45, 7) is 4.23. The van der Waals surface area contributed by atoms with Gasteiger partial charge in [-0.05, 0) is 62.4 Å². The van der Waals surface area contributed by atoms with E-state index in [1.165, 1.54) is 19.2 Å². The van der Waals surface area contributed by atoms with Crippen LogP contribution in [0.25, 0.3) is 0 Å². The van der Waals surface area contributed by atoms with E-state index in [4.69, 9.17) is 9.47 Å². The number of carbonyl (C=O) groups excluding carboxylic acids is 1. The van der Waals surface area contributed by atoms with E-state index in [1.54, 1.807) is 36.4 Å². The third-order valence-electron chi connectivity index (χ3n) is 3.66. The van der Waals surface area contributed by atoms with Crippen molar-refractivity contribution in [2.24, 2.45) is 0 Å². The standard InChI is InChI=1S/C19H23NO6S/c1-4-25-16-8-6-15(7-9-16)20(14-19(21)24-3)27(22,23)18-12-10-17(11-13-18)26-5-2/h6-13H,4-5,14H2,1-3H3. The third-order valence-corrected chi connectivity index (χ3v) is 5.45. The van der Waals surface area contributed by atoms with Crippen molar-refractivity contribution in [3.63, 3.8) is 0 Å². The summed E-state index contributed by atoms with van der Waals surface area (Å²) in [5.41, 5.74) is 0.331. The summed E-state index contributed by atoms with van der Waals surface area (Å²) >= 11 is 0. The normalized spacial score (nSPS) is 10.9. The van der Waals surface area contributed by atoms with Crippen molar-refractivity contribution < 1.29 is 27.4 Å². The quantitative estimate of drug-likeness (QED) is 0.610. The van der Waals surface area contributed by atoms with E-state index >= 15 is 0 Å². The molecule has 0 amide bonds. The molecule has 0 radical (unpaired) electrons. The Labute approximate surface area is 159 Å². The second-order valence-corrected chi connectivity index (χ2v) is 7.28. The lowest BCUT2D eigenvalue weighted by Gasteiger charge is -2.23. The SMILES string of the molecule is CCOc1ccc(N(CC(=O)OC)S(=O)(=O)c2ccc(OCC)cc2)cc1. The summed E-state index contributed by atoms with van der Waals surface area (Å²) in [7, 11) is -2.77. The number of hydrogen-bond acceptors (Lipinski definition) is 6. The Balaban J connectivity index is 2.40. The Morgan fingerprint density at radius 3 is 1.81 bits per heavy atom. The van der Waals surface area contributed by atoms with E-state index in [0.29, 0.717) is 30.4 Å². The minimum absolute atomic E-state index is 0.0451. The molecule has 0 saturated carbocycles. The van der Waals surface area contributed by atoms with Crippen LogP contribution in [0.2, 0.25) is 0 Å². The van der Waals surface area contributed by atoms with Crippen LogP contribution >= 0.6 is 0 Å². The highest BCUT2D eigenvalue weighted by atomic mass is 32.2. The van der Waals surface area contributed by atoms with Crippen LogP contribution < -0.4 is 13.8 Å². The fourth-order valence-corrected chi connectivity index (χ4v) is 3.78. The van der Waals surface area contributed by atoms with Crippen LogP contribution in [-0.4, -0.2) is 41.3 Å². The molecule has 0 spiro atoms. The highest BCUT2D eigenvalue weighted by Gasteiger charge is 2.27. The van der Waals surface area contributed by atoms with Gasteiger partial charge < -0.3 is 14.2 Å². The van der Waals surface area contributed by atoms with Crippen LogP contribution in [0.4, 0.5) is 5.69 Å². The summed E-state index contributed by atoms with van der Waals surface area (Å²) in [4.78, 5) is 11.9. The predicted octanol–water partition coefficient (Wildman–Crippen LogP) is 2.85. The Hall–Kier alpha value is -2.74. The maximum atomic E-state index is 13.1. The number of hydrogen-bond donors (Lipinski definition) is 0. The predicted molar refractivity (Wildman–Crippen MR) is 102 cm³/mol. The number of ether oxygens (including phenoxy) is 3. The first-order chi connectivity index (χ1) is 12.9. The molecule has 0 bridgehead atoms. The largest absolute Gasteiger partial charge is 0.494 e. The van der Waals surface area contributed by atoms with Crippen LogP contribution in [0.3, 0.4) is 0 Å². The van der Waals surface area contributed by atoms with Gasteiger partial charge in [0.2, 0.25) is 0 Å². The number of rotatable bonds is 9. The number of anilines is 1. The molecule has 2 aromatic rings. The summed E-state index contributed by atoms with van der Waals surface area (Å²) in [5, 5.41) is 0. The van der Waals surface area contributed by atoms with Gasteiger partial charge in [-0.1, -0.05) is 0 Å². The maximum absolute atomic E-state index is 13.1. The van der Waals surface area contributed by atoms with E-state index < -0.39 is 22.5 Å². The van der Waals surface area contributed by atoms with Gasteiger partial charge in [0.25, 0.3) is 10.0 Å². The zero-order chi connectivity index (χ0) is 19.9. The van der Waals surface area contributed by atoms with Gasteiger partial charge in [-0.3, -0.25) is 9.10 Å². The zero-order valence-electron chi connectivity index (χ0n) is 15.5. The Bertz CT molecular complexity index is 847. The molecule has 0 fully saturated rings. The van der Waals surface area contributed by atoms with Crippen molar-refractivity contribution >= 4 is 21.7 Å². The average molecular weight is 393 g/mol. The van der Waals surface area contributed by atoms with Crippen LogP contribution in [-0.2, 0) is 19.6 Å². The topological polar surface area (TPSA) is 82.1 Å². The van der Waals surface area contributed by atoms with Gasteiger partial charge in [0, 0.05) is 0 Å². The summed E-state index contributed by atoms with van der Waals surface area (Å²) in [5.74, 6) is 0.508. The fourth-order valence-electron chi connectivity index (χ4n) is 2.37. The number of methoxy groups -OCH3 is 1. The molecular weight excluding hydrogens is 370 g/mol. The lowest BCUT2D eigenvalue weighted by atomic mass is 10.3. The van der Waals surface area contributed by atoms with Gasteiger partial charge in [0.15, 0.2) is 0 Å². The molecule has 0 aromatic heterocycles. The summed E-state index contributed by atoms with van der Waals surface area (Å²) in [6, 6.07) is 12.5. The van der Waals surface area contributed by atoms with Gasteiger partial charge in [0.05, 0.1) is 30.9 Å². The molecule has 0 N–H and O–H groups in total. The minimum Gasteiger partial charge on any atom is -0.494 e. The first-order valence-electron chi connectivity index (χ1n) is 8.47. The number of nitrogens with zero attached hydrogens (tertiary/aromatic N) is 1. The molecule has 2 rings (SSSR count). The van der Waals surface area contributed by atoms with Crippen molar-refractivity contribution in [3.05, 3.63) is 48.5 Å². The molecular formula is C19H23NO6S. The zero-order valence-corrected chi connectivity index (χ0v) is 16.4. The van der Waals surface area contributed by atoms with E-state index in [0.717, 1.165) is 4.31 Å². The Morgan fingerprint density at radius 1 is 0.889 bits per heavy atom. The van der Waals surface area contributed by atoms with Crippen molar-refractivity contribution in [1.82, 2.24) is 0 Å². The molecule has 0 heterocycles. The van der Waals surface area contributed by atoms with E-state index in [2.05, 4.69) is 4.74 Å². The van der Waals surface area contributed by atoms with E-state index in [1.807, 2.05) is 13.8 Å². The van der Waals surface area contributed by atoms with Crippen LogP contribution in [0, 0.1) is 0 Å². The molecule has 0 atom stereocenters. The van der Waals surface area contributed by atoms with Crippen LogP contribution in [0.15, 0.2) is 53.4 Å². The average Bonchev–Trinajstić information content (AvgIpc) is 2.67. The second kappa shape index (κ2) is 9.27. The molecule has 8 heteroatoms. The second-order valence-electron chi connectivity index (χ2n) is 5.42. The van der Waals surface area contributed by atoms with Crippen molar-refractivity contribution in [1.29, 1.82) is 0 Å². The highest BCUT2D eigenvalue weighted by Crippen LogP contribution is 2.27. The lowest BCUT2D eigenvalue weighted by Crippen LogP contribution is -2.36. The van der Waals surface area contributed by atoms with Gasteiger partial charge >= 0.3 is 5.97 Å². The lowest BCUT2D eigenvalue weighted by molar-refractivity contribution is -0.138. The molecule has 0 aliphatic heterocycles. The molecule has 27 heavy (non-hydrogen) atoms. The van der Waals surface area contributed by atoms with E-state index in [9.17, 15) is 13.2 Å². The first-order valence-corrected chi connectivity index (χ1v) is 9.91. The summed E-state index contributed by atoms with van der Waals surface area (Å²) in [6.07, 6.45) is 0. The van der Waals surface area contributed by atoms with Gasteiger partial charge in [0.1, 0.15) is 18.0 Å². The molecule has 0 aliphatic rings. The van der Waals surface area contributed by atoms with Crippen molar-refractivity contribution in [2.45, 2.75) is 18.7 Å². The molecule has 2 aromatic carbocycles. The number of carbonyl (C=O) groups is 1. The number of benzene rings is 2. The molecule has 0 unspecified atom stereocenters. The first kappa shape index (κ1) is 20.6.